The summed E-state index contributed by atoms with van der Waals surface area (Å²) >= 11 is 7.41. The number of hydrogen-bond donors (Lipinski definition) is 2. The lowest BCUT2D eigenvalue weighted by atomic mass is 10.0. The Kier molecular flexibility index (Phi) is 10.9. The van der Waals surface area contributed by atoms with Gasteiger partial charge < -0.3 is 34.1 Å². The fraction of sp³-hybridized carbons (Fsp3) is 0.419. The van der Waals surface area contributed by atoms with Gasteiger partial charge in [0.1, 0.15) is 0 Å². The molecule has 1 aromatic heterocycles. The molecular formula is C31H32ClF2NO10S. The third kappa shape index (κ3) is 7.12. The molecule has 0 fully saturated rings. The van der Waals surface area contributed by atoms with Crippen LogP contribution in [-0.4, -0.2) is 66.2 Å². The van der Waals surface area contributed by atoms with Gasteiger partial charge in [0.2, 0.25) is 5.91 Å². The number of benzene rings is 2. The van der Waals surface area contributed by atoms with Gasteiger partial charge in [-0.3, -0.25) is 19.2 Å². The number of carbonyl (C=O) groups is 4. The first kappa shape index (κ1) is 34.7. The molecule has 15 heteroatoms. The number of Topliss-reactive ketones (excluding diaryl/α,β-unsaturated/α-hetero) is 1. The summed E-state index contributed by atoms with van der Waals surface area (Å²) in [6.07, 6.45) is -0.270. The fourth-order valence-electron chi connectivity index (χ4n) is 4.89. The van der Waals surface area contributed by atoms with Gasteiger partial charge in [0, 0.05) is 48.9 Å². The molecule has 1 aliphatic rings. The van der Waals surface area contributed by atoms with Crippen LogP contribution >= 0.6 is 22.9 Å². The van der Waals surface area contributed by atoms with Crippen LogP contribution < -0.4 is 18.9 Å². The van der Waals surface area contributed by atoms with Crippen molar-refractivity contribution < 1.29 is 57.1 Å². The zero-order valence-electron chi connectivity index (χ0n) is 25.4. The Morgan fingerprint density at radius 1 is 0.891 bits per heavy atom. The summed E-state index contributed by atoms with van der Waals surface area (Å²) in [4.78, 5) is 49.0. The Morgan fingerprint density at radius 3 is 2.13 bits per heavy atom. The highest BCUT2D eigenvalue weighted by Crippen LogP contribution is 2.46. The Labute approximate surface area is 271 Å². The topological polar surface area (TPSA) is 149 Å². The van der Waals surface area contributed by atoms with Gasteiger partial charge in [0.15, 0.2) is 40.4 Å². The fourth-order valence-corrected chi connectivity index (χ4v) is 6.25. The molecule has 2 atom stereocenters. The molecule has 0 aliphatic carbocycles. The monoisotopic (exact) mass is 683 g/mol. The van der Waals surface area contributed by atoms with Crippen molar-refractivity contribution >= 4 is 56.7 Å². The van der Waals surface area contributed by atoms with Crippen LogP contribution in [0.3, 0.4) is 0 Å². The molecule has 2 N–H and O–H groups in total. The van der Waals surface area contributed by atoms with Crippen molar-refractivity contribution in [1.82, 2.24) is 4.90 Å². The van der Waals surface area contributed by atoms with Gasteiger partial charge in [0.25, 0.3) is 0 Å². The SMILES string of the molecule is COc1c(Cl)c2c(c(F)c1OCCCOc1cc3cc(C(=O)C[C@H](C)C(=O)O)sc3c(F)c1OC)CN(C(=O)C[C@H](C)C(=O)O)C2. The molecule has 1 amide bonds. The summed E-state index contributed by atoms with van der Waals surface area (Å²) in [7, 11) is 2.56. The van der Waals surface area contributed by atoms with Crippen molar-refractivity contribution in [2.75, 3.05) is 27.4 Å². The molecule has 0 unspecified atom stereocenters. The Balaban J connectivity index is 1.43. The molecule has 0 saturated heterocycles. The van der Waals surface area contributed by atoms with Gasteiger partial charge in [-0.1, -0.05) is 25.4 Å². The maximum atomic E-state index is 15.6. The number of carboxylic acid groups (broad SMARTS) is 2. The predicted molar refractivity (Wildman–Crippen MR) is 163 cm³/mol. The van der Waals surface area contributed by atoms with Crippen LogP contribution in [0.5, 0.6) is 23.0 Å². The molecule has 0 radical (unpaired) electrons. The van der Waals surface area contributed by atoms with Crippen molar-refractivity contribution in [2.45, 2.75) is 46.2 Å². The lowest BCUT2D eigenvalue weighted by Gasteiger charge is -2.16. The predicted octanol–water partition coefficient (Wildman–Crippen LogP) is 5.94. The molecule has 0 bridgehead atoms. The molecule has 0 spiro atoms. The highest BCUT2D eigenvalue weighted by molar-refractivity contribution is 7.20. The molecule has 46 heavy (non-hydrogen) atoms. The lowest BCUT2D eigenvalue weighted by Crippen LogP contribution is -2.28. The highest BCUT2D eigenvalue weighted by atomic mass is 35.5. The molecule has 1 aliphatic heterocycles. The first-order valence-corrected chi connectivity index (χ1v) is 15.4. The normalized spacial score (nSPS) is 13.7. The number of hydrogen-bond acceptors (Lipinski definition) is 9. The van der Waals surface area contributed by atoms with Crippen LogP contribution in [0.1, 0.15) is 53.9 Å². The molecule has 2 aromatic carbocycles. The van der Waals surface area contributed by atoms with E-state index in [0.717, 1.165) is 11.3 Å². The van der Waals surface area contributed by atoms with Crippen LogP contribution in [0.25, 0.3) is 10.1 Å². The van der Waals surface area contributed by atoms with E-state index in [-0.39, 0.29) is 88.7 Å². The Hall–Kier alpha value is -4.17. The Morgan fingerprint density at radius 2 is 1.50 bits per heavy atom. The second-order valence-corrected chi connectivity index (χ2v) is 12.2. The van der Waals surface area contributed by atoms with E-state index in [1.807, 2.05) is 0 Å². The van der Waals surface area contributed by atoms with Crippen molar-refractivity contribution in [3.63, 3.8) is 0 Å². The largest absolute Gasteiger partial charge is 0.491 e. The van der Waals surface area contributed by atoms with E-state index in [9.17, 15) is 19.2 Å². The lowest BCUT2D eigenvalue weighted by molar-refractivity contribution is -0.145. The van der Waals surface area contributed by atoms with Gasteiger partial charge in [-0.05, 0) is 12.1 Å². The number of carboxylic acids is 2. The van der Waals surface area contributed by atoms with Gasteiger partial charge >= 0.3 is 11.9 Å². The van der Waals surface area contributed by atoms with Crippen LogP contribution in [-0.2, 0) is 27.5 Å². The number of fused-ring (bicyclic) bond motifs is 2. The molecule has 2 heterocycles. The second-order valence-electron chi connectivity index (χ2n) is 10.8. The van der Waals surface area contributed by atoms with Gasteiger partial charge in [-0.2, -0.15) is 0 Å². The molecule has 0 saturated carbocycles. The quantitative estimate of drug-likeness (QED) is 0.146. The highest BCUT2D eigenvalue weighted by Gasteiger charge is 2.34. The molecule has 4 rings (SSSR count). The maximum absolute atomic E-state index is 15.6. The number of rotatable bonds is 15. The van der Waals surface area contributed by atoms with Crippen molar-refractivity contribution in [2.24, 2.45) is 11.8 Å². The zero-order valence-corrected chi connectivity index (χ0v) is 27.0. The van der Waals surface area contributed by atoms with Crippen molar-refractivity contribution in [3.8, 4) is 23.0 Å². The zero-order chi connectivity index (χ0) is 33.9. The third-order valence-electron chi connectivity index (χ3n) is 7.51. The third-order valence-corrected chi connectivity index (χ3v) is 9.10. The average Bonchev–Trinajstić information content (AvgIpc) is 3.65. The number of aliphatic carboxylic acids is 2. The summed E-state index contributed by atoms with van der Waals surface area (Å²) in [5.74, 6) is -6.80. The second kappa shape index (κ2) is 14.5. The number of halogens is 3. The van der Waals surface area contributed by atoms with E-state index in [1.165, 1.54) is 45.1 Å². The Bertz CT molecular complexity index is 1690. The van der Waals surface area contributed by atoms with Gasteiger partial charge in [-0.15, -0.1) is 11.3 Å². The minimum absolute atomic E-state index is 0.00000648. The number of thiophene rings is 1. The first-order chi connectivity index (χ1) is 21.8. The standard InChI is InChI=1S/C31H32ClF2NO10S/c1-14(30(38)39)8-19(36)21-11-16-10-20(26(42-3)25(34)29(16)46-21)44-6-5-7-45-28-24(33)18-13-35(22(37)9-15(2)31(40)41)12-17(18)23(32)27(28)43-4/h10-11,14-15H,5-9,12-13H2,1-4H3,(H,38,39)(H,40,41)/t14-,15-/m0/s1. The number of ketones is 1. The van der Waals surface area contributed by atoms with Crippen LogP contribution in [0.15, 0.2) is 12.1 Å². The molecule has 11 nitrogen and oxygen atoms in total. The van der Waals surface area contributed by atoms with E-state index < -0.39 is 47.1 Å². The van der Waals surface area contributed by atoms with Crippen LogP contribution in [0.2, 0.25) is 5.02 Å². The summed E-state index contributed by atoms with van der Waals surface area (Å²) in [5.41, 5.74) is 0.496. The molecule has 3 aromatic rings. The van der Waals surface area contributed by atoms with Crippen LogP contribution in [0, 0.1) is 23.5 Å². The number of nitrogens with zero attached hydrogens (tertiary/aromatic N) is 1. The van der Waals surface area contributed by atoms with Crippen molar-refractivity contribution in [3.05, 3.63) is 44.8 Å². The van der Waals surface area contributed by atoms with E-state index in [0.29, 0.717) is 10.9 Å². The summed E-state index contributed by atoms with van der Waals surface area (Å²) in [5, 5.41) is 18.7. The first-order valence-electron chi connectivity index (χ1n) is 14.2. The van der Waals surface area contributed by atoms with Gasteiger partial charge in [-0.25, -0.2) is 8.78 Å². The van der Waals surface area contributed by atoms with E-state index >= 15 is 8.78 Å². The molecule has 248 valence electrons. The smallest absolute Gasteiger partial charge is 0.306 e. The average molecular weight is 684 g/mol. The van der Waals surface area contributed by atoms with E-state index in [4.69, 9.17) is 40.8 Å². The number of methoxy groups -OCH3 is 2. The summed E-state index contributed by atoms with van der Waals surface area (Å²) in [6.45, 7) is 2.64. The minimum atomic E-state index is -1.11. The minimum Gasteiger partial charge on any atom is -0.491 e. The van der Waals surface area contributed by atoms with Crippen LogP contribution in [0.4, 0.5) is 8.78 Å². The van der Waals surface area contributed by atoms with Gasteiger partial charge in [0.05, 0.1) is 53.9 Å². The number of carbonyl (C=O) groups excluding carboxylic acids is 2. The number of ether oxygens (including phenoxy) is 4. The summed E-state index contributed by atoms with van der Waals surface area (Å²) in [6, 6.07) is 2.99. The van der Waals surface area contributed by atoms with E-state index in [2.05, 4.69) is 0 Å². The summed E-state index contributed by atoms with van der Waals surface area (Å²) < 4.78 is 53.1. The maximum Gasteiger partial charge on any atom is 0.306 e. The molecular weight excluding hydrogens is 652 g/mol. The van der Waals surface area contributed by atoms with Crippen molar-refractivity contribution in [1.29, 1.82) is 0 Å². The van der Waals surface area contributed by atoms with E-state index in [1.54, 1.807) is 0 Å². The number of amides is 1.